The predicted molar refractivity (Wildman–Crippen MR) is 115 cm³/mol. The Kier molecular flexibility index (Phi) is 5.90. The number of thioether (sulfide) groups is 1. The van der Waals surface area contributed by atoms with Crippen LogP contribution in [0.5, 0.6) is 0 Å². The third kappa shape index (κ3) is 4.04. The van der Waals surface area contributed by atoms with E-state index in [-0.39, 0.29) is 17.8 Å². The minimum absolute atomic E-state index is 0.175. The molecule has 1 aliphatic rings. The van der Waals surface area contributed by atoms with Gasteiger partial charge in [-0.15, -0.1) is 11.3 Å². The second-order valence-electron chi connectivity index (χ2n) is 7.17. The molecule has 146 valence electrons. The normalized spacial score (nSPS) is 17.3. The highest BCUT2D eigenvalue weighted by Crippen LogP contribution is 2.41. The Morgan fingerprint density at radius 2 is 2.21 bits per heavy atom. The minimum atomic E-state index is -0.362. The number of thiophene rings is 1. The fraction of sp³-hybridized carbons (Fsp3) is 0.381. The van der Waals surface area contributed by atoms with Crippen molar-refractivity contribution in [1.82, 2.24) is 9.97 Å². The number of rotatable bonds is 5. The smallest absolute Gasteiger partial charge is 0.319 e. The maximum atomic E-state index is 12.5. The number of ether oxygens (including phenoxy) is 1. The van der Waals surface area contributed by atoms with E-state index in [0.29, 0.717) is 10.9 Å². The molecular formula is C21H21ClN2O2S2. The van der Waals surface area contributed by atoms with E-state index in [0.717, 1.165) is 33.6 Å². The molecule has 3 aromatic rings. The molecule has 2 aromatic heterocycles. The van der Waals surface area contributed by atoms with Crippen LogP contribution in [0.15, 0.2) is 35.6 Å². The van der Waals surface area contributed by atoms with Crippen molar-refractivity contribution in [2.75, 3.05) is 0 Å². The molecule has 0 saturated carbocycles. The Balaban J connectivity index is 1.50. The third-order valence-corrected chi connectivity index (χ3v) is 7.61. The lowest BCUT2D eigenvalue weighted by Gasteiger charge is -2.18. The second kappa shape index (κ2) is 8.39. The van der Waals surface area contributed by atoms with Gasteiger partial charge in [0.15, 0.2) is 0 Å². The lowest BCUT2D eigenvalue weighted by atomic mass is 9.89. The van der Waals surface area contributed by atoms with E-state index in [1.54, 1.807) is 23.7 Å². The van der Waals surface area contributed by atoms with Gasteiger partial charge in [0.25, 0.3) is 0 Å². The molecule has 0 bridgehead atoms. The molecule has 0 N–H and O–H groups in total. The number of aryl methyl sites for hydroxylation is 1. The molecule has 4 rings (SSSR count). The van der Waals surface area contributed by atoms with E-state index in [1.807, 2.05) is 25.1 Å². The quantitative estimate of drug-likeness (QED) is 0.294. The summed E-state index contributed by atoms with van der Waals surface area (Å²) in [4.78, 5) is 23.9. The minimum Gasteiger partial charge on any atom is -0.460 e. The molecule has 2 atom stereocenters. The molecule has 1 aromatic carbocycles. The maximum absolute atomic E-state index is 12.5. The van der Waals surface area contributed by atoms with Crippen LogP contribution in [0.2, 0.25) is 5.02 Å². The average molecular weight is 433 g/mol. The number of carbonyl (C=O) groups is 1. The maximum Gasteiger partial charge on any atom is 0.319 e. The summed E-state index contributed by atoms with van der Waals surface area (Å²) in [6.07, 6.45) is 4.95. The zero-order valence-corrected chi connectivity index (χ0v) is 18.2. The number of halogens is 1. The SMILES string of the molecule is CC1CCc2c(sc3ncnc(SC(C)C(=O)OCc4ccccc4Cl)c23)C1. The molecule has 0 radical (unpaired) electrons. The van der Waals surface area contributed by atoms with Crippen LogP contribution in [0.3, 0.4) is 0 Å². The first-order valence-electron chi connectivity index (χ1n) is 9.35. The van der Waals surface area contributed by atoms with Crippen molar-refractivity contribution in [1.29, 1.82) is 0 Å². The lowest BCUT2D eigenvalue weighted by Crippen LogP contribution is -2.17. The van der Waals surface area contributed by atoms with E-state index in [9.17, 15) is 4.79 Å². The number of aromatic nitrogens is 2. The number of hydrogen-bond donors (Lipinski definition) is 0. The zero-order chi connectivity index (χ0) is 19.7. The van der Waals surface area contributed by atoms with Crippen LogP contribution in [-0.2, 0) is 29.0 Å². The van der Waals surface area contributed by atoms with E-state index in [2.05, 4.69) is 16.9 Å². The van der Waals surface area contributed by atoms with Gasteiger partial charge in [-0.1, -0.05) is 48.5 Å². The molecule has 2 heterocycles. The van der Waals surface area contributed by atoms with E-state index in [4.69, 9.17) is 16.3 Å². The summed E-state index contributed by atoms with van der Waals surface area (Å²) in [6.45, 7) is 4.33. The standard InChI is InChI=1S/C21H21ClN2O2S2/c1-12-7-8-15-17(9-12)28-20-18(15)19(23-11-24-20)27-13(2)21(25)26-10-14-5-3-4-6-16(14)22/h3-6,11-13H,7-10H2,1-2H3. The number of benzene rings is 1. The summed E-state index contributed by atoms with van der Waals surface area (Å²) >= 11 is 9.35. The van der Waals surface area contributed by atoms with Gasteiger partial charge in [0.05, 0.1) is 0 Å². The van der Waals surface area contributed by atoms with Gasteiger partial charge in [0.2, 0.25) is 0 Å². The van der Waals surface area contributed by atoms with Crippen LogP contribution in [0.4, 0.5) is 0 Å². The summed E-state index contributed by atoms with van der Waals surface area (Å²) < 4.78 is 5.48. The lowest BCUT2D eigenvalue weighted by molar-refractivity contribution is -0.143. The van der Waals surface area contributed by atoms with E-state index < -0.39 is 0 Å². The van der Waals surface area contributed by atoms with Crippen LogP contribution in [-0.4, -0.2) is 21.2 Å². The fourth-order valence-corrected chi connectivity index (χ4v) is 5.98. The summed E-state index contributed by atoms with van der Waals surface area (Å²) in [7, 11) is 0. The molecule has 2 unspecified atom stereocenters. The van der Waals surface area contributed by atoms with Gasteiger partial charge in [-0.2, -0.15) is 0 Å². The molecule has 0 fully saturated rings. The van der Waals surface area contributed by atoms with Crippen LogP contribution in [0.25, 0.3) is 10.2 Å². The molecule has 1 aliphatic carbocycles. The summed E-state index contributed by atoms with van der Waals surface area (Å²) in [6, 6.07) is 7.39. The highest BCUT2D eigenvalue weighted by Gasteiger charge is 2.25. The van der Waals surface area contributed by atoms with Crippen molar-refractivity contribution in [3.8, 4) is 0 Å². The van der Waals surface area contributed by atoms with Crippen molar-refractivity contribution >= 4 is 50.9 Å². The first-order chi connectivity index (χ1) is 13.5. The van der Waals surface area contributed by atoms with Gasteiger partial charge in [-0.3, -0.25) is 4.79 Å². The third-order valence-electron chi connectivity index (χ3n) is 5.01. The number of fused-ring (bicyclic) bond motifs is 3. The number of carbonyl (C=O) groups excluding carboxylic acids is 1. The monoisotopic (exact) mass is 432 g/mol. The van der Waals surface area contributed by atoms with Crippen molar-refractivity contribution in [3.05, 3.63) is 51.6 Å². The molecule has 4 nitrogen and oxygen atoms in total. The predicted octanol–water partition coefficient (Wildman–Crippen LogP) is 5.69. The Labute approximate surface area is 177 Å². The first-order valence-corrected chi connectivity index (χ1v) is 11.4. The van der Waals surface area contributed by atoms with Crippen molar-refractivity contribution in [3.63, 3.8) is 0 Å². The van der Waals surface area contributed by atoms with Gasteiger partial charge >= 0.3 is 5.97 Å². The summed E-state index contributed by atoms with van der Waals surface area (Å²) in [5.41, 5.74) is 2.18. The molecule has 0 spiro atoms. The average Bonchev–Trinajstić information content (AvgIpc) is 3.05. The molecule has 0 saturated heterocycles. The highest BCUT2D eigenvalue weighted by molar-refractivity contribution is 8.00. The number of hydrogen-bond acceptors (Lipinski definition) is 6. The number of esters is 1. The Hall–Kier alpha value is -1.63. The first kappa shape index (κ1) is 19.7. The van der Waals surface area contributed by atoms with Gasteiger partial charge in [0, 0.05) is 20.8 Å². The van der Waals surface area contributed by atoms with Crippen LogP contribution >= 0.6 is 34.7 Å². The van der Waals surface area contributed by atoms with Crippen molar-refractivity contribution in [2.24, 2.45) is 5.92 Å². The van der Waals surface area contributed by atoms with Gasteiger partial charge in [-0.25, -0.2) is 9.97 Å². The van der Waals surface area contributed by atoms with Crippen molar-refractivity contribution in [2.45, 2.75) is 50.0 Å². The van der Waals surface area contributed by atoms with Crippen molar-refractivity contribution < 1.29 is 9.53 Å². The zero-order valence-electron chi connectivity index (χ0n) is 15.8. The molecule has 28 heavy (non-hydrogen) atoms. The Morgan fingerprint density at radius 3 is 3.04 bits per heavy atom. The molecule has 7 heteroatoms. The largest absolute Gasteiger partial charge is 0.460 e. The van der Waals surface area contributed by atoms with E-state index >= 15 is 0 Å². The van der Waals surface area contributed by atoms with Gasteiger partial charge in [-0.05, 0) is 43.7 Å². The Morgan fingerprint density at radius 1 is 1.39 bits per heavy atom. The molecule has 0 aliphatic heterocycles. The highest BCUT2D eigenvalue weighted by atomic mass is 35.5. The van der Waals surface area contributed by atoms with E-state index in [1.165, 1.54) is 28.6 Å². The summed E-state index contributed by atoms with van der Waals surface area (Å²) in [5.74, 6) is 0.442. The second-order valence-corrected chi connectivity index (χ2v) is 9.99. The number of nitrogens with zero attached hydrogens (tertiary/aromatic N) is 2. The molecular weight excluding hydrogens is 412 g/mol. The van der Waals surface area contributed by atoms with Crippen LogP contribution in [0.1, 0.15) is 36.3 Å². The van der Waals surface area contributed by atoms with Gasteiger partial charge < -0.3 is 4.74 Å². The van der Waals surface area contributed by atoms with Crippen LogP contribution in [0, 0.1) is 5.92 Å². The molecule has 0 amide bonds. The fourth-order valence-electron chi connectivity index (χ4n) is 3.43. The topological polar surface area (TPSA) is 52.1 Å². The Bertz CT molecular complexity index is 1020. The van der Waals surface area contributed by atoms with Crippen LogP contribution < -0.4 is 0 Å². The summed E-state index contributed by atoms with van der Waals surface area (Å²) in [5, 5.41) is 2.25. The van der Waals surface area contributed by atoms with Gasteiger partial charge in [0.1, 0.15) is 28.0 Å².